The Morgan fingerprint density at radius 2 is 2.21 bits per heavy atom. The predicted octanol–water partition coefficient (Wildman–Crippen LogP) is 2.31. The number of amides is 1. The zero-order valence-corrected chi connectivity index (χ0v) is 16.2. The average molecular weight is 402 g/mol. The number of carbonyl (C=O) groups excluding carboxylic acids is 1. The van der Waals surface area contributed by atoms with Gasteiger partial charge in [-0.2, -0.15) is 4.98 Å². The zero-order valence-electron chi connectivity index (χ0n) is 15.4. The molecule has 0 bridgehead atoms. The fraction of sp³-hybridized carbons (Fsp3) is 0.389. The molecule has 8 nitrogen and oxygen atoms in total. The van der Waals surface area contributed by atoms with Crippen LogP contribution in [0.3, 0.4) is 0 Å². The van der Waals surface area contributed by atoms with Crippen molar-refractivity contribution >= 4 is 33.5 Å². The summed E-state index contributed by atoms with van der Waals surface area (Å²) in [7, 11) is 0. The number of fused-ring (bicyclic) bond motifs is 1. The lowest BCUT2D eigenvalue weighted by Crippen LogP contribution is -2.30. The van der Waals surface area contributed by atoms with Crippen molar-refractivity contribution in [2.24, 2.45) is 0 Å². The molecule has 28 heavy (non-hydrogen) atoms. The zero-order chi connectivity index (χ0) is 19.8. The molecule has 0 aliphatic carbocycles. The summed E-state index contributed by atoms with van der Waals surface area (Å²) in [5.74, 6) is -0.450. The first-order chi connectivity index (χ1) is 13.4. The summed E-state index contributed by atoms with van der Waals surface area (Å²) in [5.41, 5.74) is 1.33. The molecule has 0 aromatic carbocycles. The normalized spacial score (nSPS) is 17.9. The van der Waals surface area contributed by atoms with E-state index in [1.807, 2.05) is 13.8 Å². The molecule has 1 fully saturated rings. The second-order valence-electron chi connectivity index (χ2n) is 6.78. The molecule has 4 rings (SSSR count). The molecule has 3 aromatic heterocycles. The van der Waals surface area contributed by atoms with Gasteiger partial charge in [0, 0.05) is 19.3 Å². The summed E-state index contributed by atoms with van der Waals surface area (Å²) in [4.78, 5) is 31.7. The lowest BCUT2D eigenvalue weighted by molar-refractivity contribution is 0.0761. The summed E-state index contributed by atoms with van der Waals surface area (Å²) < 4.78 is 14.1. The van der Waals surface area contributed by atoms with Gasteiger partial charge in [0.25, 0.3) is 5.91 Å². The molecule has 1 aliphatic heterocycles. The van der Waals surface area contributed by atoms with Gasteiger partial charge in [0.15, 0.2) is 11.3 Å². The first-order valence-electron chi connectivity index (χ1n) is 8.90. The molecule has 1 unspecified atom stereocenters. The van der Waals surface area contributed by atoms with Crippen LogP contribution in [0.2, 0.25) is 0 Å². The first-order valence-corrected chi connectivity index (χ1v) is 9.72. The highest BCUT2D eigenvalue weighted by atomic mass is 32.1. The minimum Gasteiger partial charge on any atom is -0.391 e. The van der Waals surface area contributed by atoms with Crippen LogP contribution in [0.25, 0.3) is 10.3 Å². The Balaban J connectivity index is 1.68. The third-order valence-electron chi connectivity index (χ3n) is 4.59. The van der Waals surface area contributed by atoms with Crippen molar-refractivity contribution in [3.8, 4) is 0 Å². The molecule has 10 heteroatoms. The number of carbonyl (C=O) groups is 1. The van der Waals surface area contributed by atoms with Crippen molar-refractivity contribution in [2.75, 3.05) is 18.4 Å². The molecular formula is C18H19FN6O2S. The number of nitrogens with zero attached hydrogens (tertiary/aromatic N) is 5. The van der Waals surface area contributed by atoms with E-state index in [0.29, 0.717) is 28.9 Å². The lowest BCUT2D eigenvalue weighted by atomic mass is 10.1. The number of aliphatic hydroxyl groups is 1. The number of hydrogen-bond donors (Lipinski definition) is 2. The summed E-state index contributed by atoms with van der Waals surface area (Å²) >= 11 is 1.36. The fourth-order valence-electron chi connectivity index (χ4n) is 3.16. The summed E-state index contributed by atoms with van der Waals surface area (Å²) in [5, 5.41) is 13.6. The van der Waals surface area contributed by atoms with Gasteiger partial charge in [0.2, 0.25) is 5.95 Å². The van der Waals surface area contributed by atoms with Crippen molar-refractivity contribution in [2.45, 2.75) is 32.4 Å². The Morgan fingerprint density at radius 1 is 1.39 bits per heavy atom. The highest BCUT2D eigenvalue weighted by molar-refractivity contribution is 7.18. The van der Waals surface area contributed by atoms with Crippen LogP contribution in [-0.2, 0) is 0 Å². The number of aryl methyl sites for hydroxylation is 1. The number of aromatic nitrogens is 4. The largest absolute Gasteiger partial charge is 0.391 e. The minimum absolute atomic E-state index is 0.234. The van der Waals surface area contributed by atoms with Crippen LogP contribution in [0.5, 0.6) is 0 Å². The standard InChI is InChI=1S/C18H19FN6O2S/c1-9(11-5-12(19)7-20-6-11)21-18-23-14(15-16(24-18)22-10(2)28-15)17(27)25-4-3-13(26)8-25/h5-7,9,13,26H,3-4,8H2,1-2H3,(H,21,23,24)/t9?,13-/m0/s1. The highest BCUT2D eigenvalue weighted by Gasteiger charge is 2.29. The molecule has 0 spiro atoms. The van der Waals surface area contributed by atoms with Crippen LogP contribution in [-0.4, -0.2) is 55.0 Å². The van der Waals surface area contributed by atoms with E-state index in [-0.39, 0.29) is 30.1 Å². The van der Waals surface area contributed by atoms with E-state index in [1.165, 1.54) is 17.4 Å². The maximum Gasteiger partial charge on any atom is 0.274 e. The SMILES string of the molecule is Cc1nc2nc(NC(C)c3cncc(F)c3)nc(C(=O)N3CC[C@H](O)C3)c2s1. The molecule has 4 heterocycles. The fourth-order valence-corrected chi connectivity index (χ4v) is 4.00. The van der Waals surface area contributed by atoms with E-state index in [1.54, 1.807) is 11.1 Å². The average Bonchev–Trinajstić information content (AvgIpc) is 3.25. The first kappa shape index (κ1) is 18.6. The smallest absolute Gasteiger partial charge is 0.274 e. The molecule has 0 radical (unpaired) electrons. The van der Waals surface area contributed by atoms with Gasteiger partial charge in [-0.25, -0.2) is 14.4 Å². The van der Waals surface area contributed by atoms with Gasteiger partial charge < -0.3 is 15.3 Å². The number of likely N-dealkylation sites (tertiary alicyclic amines) is 1. The van der Waals surface area contributed by atoms with Crippen LogP contribution < -0.4 is 5.32 Å². The quantitative estimate of drug-likeness (QED) is 0.690. The molecule has 1 amide bonds. The van der Waals surface area contributed by atoms with Gasteiger partial charge in [-0.1, -0.05) is 0 Å². The monoisotopic (exact) mass is 402 g/mol. The second-order valence-corrected chi connectivity index (χ2v) is 7.98. The Hall–Kier alpha value is -2.72. The third kappa shape index (κ3) is 3.65. The number of thiazole rings is 1. The minimum atomic E-state index is -0.512. The molecular weight excluding hydrogens is 383 g/mol. The topological polar surface area (TPSA) is 104 Å². The van der Waals surface area contributed by atoms with Crippen molar-refractivity contribution in [3.05, 3.63) is 40.5 Å². The summed E-state index contributed by atoms with van der Waals surface area (Å²) in [6.07, 6.45) is 2.74. The van der Waals surface area contributed by atoms with Crippen molar-refractivity contribution in [1.82, 2.24) is 24.8 Å². The van der Waals surface area contributed by atoms with E-state index in [0.717, 1.165) is 11.2 Å². The van der Waals surface area contributed by atoms with Crippen molar-refractivity contribution in [3.63, 3.8) is 0 Å². The maximum atomic E-state index is 13.5. The van der Waals surface area contributed by atoms with Gasteiger partial charge >= 0.3 is 0 Å². The van der Waals surface area contributed by atoms with Gasteiger partial charge in [-0.05, 0) is 31.9 Å². The van der Waals surface area contributed by atoms with Crippen molar-refractivity contribution < 1.29 is 14.3 Å². The van der Waals surface area contributed by atoms with Crippen LogP contribution in [0.15, 0.2) is 18.5 Å². The summed E-state index contributed by atoms with van der Waals surface area (Å²) in [6.45, 7) is 4.44. The number of aliphatic hydroxyl groups excluding tert-OH is 1. The molecule has 1 aliphatic rings. The number of halogens is 1. The number of pyridine rings is 1. The Labute approximate surface area is 164 Å². The van der Waals surface area contributed by atoms with Gasteiger partial charge in [-0.3, -0.25) is 9.78 Å². The predicted molar refractivity (Wildman–Crippen MR) is 103 cm³/mol. The Bertz CT molecular complexity index is 1040. The Kier molecular flexibility index (Phi) is 4.90. The van der Waals surface area contributed by atoms with Gasteiger partial charge in [0.05, 0.1) is 23.4 Å². The van der Waals surface area contributed by atoms with Gasteiger partial charge in [0.1, 0.15) is 10.5 Å². The number of hydrogen-bond acceptors (Lipinski definition) is 8. The van der Waals surface area contributed by atoms with E-state index in [4.69, 9.17) is 0 Å². The molecule has 146 valence electrons. The molecule has 1 saturated heterocycles. The molecule has 2 atom stereocenters. The van der Waals surface area contributed by atoms with Crippen LogP contribution in [0.4, 0.5) is 10.3 Å². The number of anilines is 1. The summed E-state index contributed by atoms with van der Waals surface area (Å²) in [6, 6.07) is 1.06. The second kappa shape index (κ2) is 7.36. The number of β-amino-alcohol motifs (C(OH)–C–C–N with tert-alkyl or cyclic N) is 1. The number of rotatable bonds is 4. The third-order valence-corrected chi connectivity index (χ3v) is 5.55. The van der Waals surface area contributed by atoms with Crippen LogP contribution in [0, 0.1) is 12.7 Å². The van der Waals surface area contributed by atoms with E-state index in [9.17, 15) is 14.3 Å². The van der Waals surface area contributed by atoms with Crippen LogP contribution >= 0.6 is 11.3 Å². The van der Waals surface area contributed by atoms with Crippen LogP contribution in [0.1, 0.15) is 40.4 Å². The van der Waals surface area contributed by atoms with E-state index < -0.39 is 11.9 Å². The van der Waals surface area contributed by atoms with E-state index >= 15 is 0 Å². The maximum absolute atomic E-state index is 13.5. The Morgan fingerprint density at radius 3 is 2.93 bits per heavy atom. The molecule has 0 saturated carbocycles. The van der Waals surface area contributed by atoms with Crippen molar-refractivity contribution in [1.29, 1.82) is 0 Å². The molecule has 2 N–H and O–H groups in total. The van der Waals surface area contributed by atoms with E-state index in [2.05, 4.69) is 25.3 Å². The molecule has 3 aromatic rings. The van der Waals surface area contributed by atoms with Gasteiger partial charge in [-0.15, -0.1) is 11.3 Å². The lowest BCUT2D eigenvalue weighted by Gasteiger charge is -2.17. The number of nitrogens with one attached hydrogen (secondary N) is 1. The highest BCUT2D eigenvalue weighted by Crippen LogP contribution is 2.27.